The lowest BCUT2D eigenvalue weighted by atomic mass is 9.77. The van der Waals surface area contributed by atoms with Gasteiger partial charge in [-0.1, -0.05) is 35.9 Å². The standard InChI is InChI=1S/C21H25N3O3S/c1-16-6-8-17(9-7-16)14-28(26,27)24-13-19(18-4-3-11-22-12-18)21(15-24)10-2-5-20(25)23-21/h3-4,6-9,11-12,19H,2,5,10,13-15H2,1H3,(H,23,25)/t19-,21+/m0/s1. The predicted octanol–water partition coefficient (Wildman–Crippen LogP) is 2.36. The van der Waals surface area contributed by atoms with Crippen LogP contribution in [-0.2, 0) is 20.6 Å². The SMILES string of the molecule is Cc1ccc(CS(=O)(=O)N2C[C@@H](c3cccnc3)[C@@]3(CCCC(=O)N3)C2)cc1. The van der Waals surface area contributed by atoms with E-state index in [4.69, 9.17) is 0 Å². The number of carbonyl (C=O) groups excluding carboxylic acids is 1. The molecule has 0 aliphatic carbocycles. The maximum atomic E-state index is 13.2. The van der Waals surface area contributed by atoms with Crippen molar-refractivity contribution in [2.45, 2.75) is 43.4 Å². The molecule has 1 spiro atoms. The van der Waals surface area contributed by atoms with Crippen molar-refractivity contribution < 1.29 is 13.2 Å². The van der Waals surface area contributed by atoms with Crippen LogP contribution < -0.4 is 5.32 Å². The van der Waals surface area contributed by atoms with Crippen LogP contribution in [0.15, 0.2) is 48.8 Å². The second-order valence-electron chi connectivity index (χ2n) is 7.93. The fraction of sp³-hybridized carbons (Fsp3) is 0.429. The molecule has 1 aromatic carbocycles. The molecule has 1 aromatic heterocycles. The molecule has 2 aliphatic rings. The smallest absolute Gasteiger partial charge is 0.220 e. The molecule has 0 unspecified atom stereocenters. The number of aromatic nitrogens is 1. The van der Waals surface area contributed by atoms with E-state index in [9.17, 15) is 13.2 Å². The summed E-state index contributed by atoms with van der Waals surface area (Å²) >= 11 is 0. The molecular weight excluding hydrogens is 374 g/mol. The molecule has 6 nitrogen and oxygen atoms in total. The molecule has 2 atom stereocenters. The van der Waals surface area contributed by atoms with Gasteiger partial charge in [0.05, 0.1) is 11.3 Å². The molecule has 2 fully saturated rings. The van der Waals surface area contributed by atoms with Gasteiger partial charge in [0.1, 0.15) is 0 Å². The molecule has 2 aliphatic heterocycles. The lowest BCUT2D eigenvalue weighted by Crippen LogP contribution is -2.56. The second kappa shape index (κ2) is 7.29. The molecule has 1 N–H and O–H groups in total. The van der Waals surface area contributed by atoms with E-state index in [-0.39, 0.29) is 17.6 Å². The van der Waals surface area contributed by atoms with Gasteiger partial charge in [-0.25, -0.2) is 8.42 Å². The minimum absolute atomic E-state index is 0.00192. The minimum atomic E-state index is -3.50. The van der Waals surface area contributed by atoms with Crippen molar-refractivity contribution in [1.29, 1.82) is 0 Å². The summed E-state index contributed by atoms with van der Waals surface area (Å²) < 4.78 is 27.9. The molecule has 1 amide bonds. The van der Waals surface area contributed by atoms with E-state index in [0.29, 0.717) is 19.5 Å². The first kappa shape index (κ1) is 19.1. The Morgan fingerprint density at radius 2 is 2.04 bits per heavy atom. The third-order valence-corrected chi connectivity index (χ3v) is 7.64. The number of carbonyl (C=O) groups is 1. The normalized spacial score (nSPS) is 25.8. The van der Waals surface area contributed by atoms with Gasteiger partial charge in [-0.3, -0.25) is 9.78 Å². The van der Waals surface area contributed by atoms with Crippen molar-refractivity contribution in [3.63, 3.8) is 0 Å². The number of piperidine rings is 1. The Labute approximate surface area is 166 Å². The zero-order valence-corrected chi connectivity index (χ0v) is 16.8. The van der Waals surface area contributed by atoms with E-state index in [0.717, 1.165) is 29.5 Å². The van der Waals surface area contributed by atoms with Crippen LogP contribution in [0.4, 0.5) is 0 Å². The van der Waals surface area contributed by atoms with Gasteiger partial charge in [0.2, 0.25) is 15.9 Å². The molecule has 7 heteroatoms. The molecule has 148 valence electrons. The van der Waals surface area contributed by atoms with E-state index in [1.807, 2.05) is 43.3 Å². The van der Waals surface area contributed by atoms with Crippen LogP contribution in [0.3, 0.4) is 0 Å². The molecular formula is C21H25N3O3S. The Bertz CT molecular complexity index is 960. The highest BCUT2D eigenvalue weighted by molar-refractivity contribution is 7.88. The second-order valence-corrected chi connectivity index (χ2v) is 9.90. The molecule has 0 bridgehead atoms. The Kier molecular flexibility index (Phi) is 4.97. The van der Waals surface area contributed by atoms with E-state index >= 15 is 0 Å². The van der Waals surface area contributed by atoms with Crippen LogP contribution in [0.1, 0.15) is 41.9 Å². The van der Waals surface area contributed by atoms with Gasteiger partial charge in [0, 0.05) is 37.8 Å². The lowest BCUT2D eigenvalue weighted by molar-refractivity contribution is -0.125. The number of hydrogen-bond acceptors (Lipinski definition) is 4. The summed E-state index contributed by atoms with van der Waals surface area (Å²) in [7, 11) is -3.50. The number of nitrogens with one attached hydrogen (secondary N) is 1. The maximum absolute atomic E-state index is 13.2. The molecule has 0 saturated carbocycles. The molecule has 28 heavy (non-hydrogen) atoms. The Hall–Kier alpha value is -2.25. The summed E-state index contributed by atoms with van der Waals surface area (Å²) in [6.07, 6.45) is 5.53. The number of rotatable bonds is 4. The maximum Gasteiger partial charge on any atom is 0.220 e. The van der Waals surface area contributed by atoms with Gasteiger partial charge in [-0.2, -0.15) is 4.31 Å². The topological polar surface area (TPSA) is 79.4 Å². The van der Waals surface area contributed by atoms with E-state index < -0.39 is 15.6 Å². The van der Waals surface area contributed by atoms with Gasteiger partial charge >= 0.3 is 0 Å². The van der Waals surface area contributed by atoms with Crippen molar-refractivity contribution in [3.05, 3.63) is 65.5 Å². The first-order chi connectivity index (χ1) is 13.4. The van der Waals surface area contributed by atoms with Gasteiger partial charge < -0.3 is 5.32 Å². The fourth-order valence-corrected chi connectivity index (χ4v) is 6.02. The number of pyridine rings is 1. The van der Waals surface area contributed by atoms with E-state index in [1.165, 1.54) is 0 Å². The van der Waals surface area contributed by atoms with Crippen molar-refractivity contribution in [1.82, 2.24) is 14.6 Å². The van der Waals surface area contributed by atoms with Crippen LogP contribution in [0.5, 0.6) is 0 Å². The fourth-order valence-electron chi connectivity index (χ4n) is 4.42. The highest BCUT2D eigenvalue weighted by atomic mass is 32.2. The van der Waals surface area contributed by atoms with Crippen LogP contribution >= 0.6 is 0 Å². The predicted molar refractivity (Wildman–Crippen MR) is 107 cm³/mol. The first-order valence-electron chi connectivity index (χ1n) is 9.62. The largest absolute Gasteiger partial charge is 0.349 e. The van der Waals surface area contributed by atoms with Crippen molar-refractivity contribution in [2.75, 3.05) is 13.1 Å². The summed E-state index contributed by atoms with van der Waals surface area (Å²) in [6, 6.07) is 11.4. The number of aryl methyl sites for hydroxylation is 1. The molecule has 0 radical (unpaired) electrons. The third kappa shape index (κ3) is 3.69. The highest BCUT2D eigenvalue weighted by Crippen LogP contribution is 2.42. The average molecular weight is 400 g/mol. The lowest BCUT2D eigenvalue weighted by Gasteiger charge is -2.39. The van der Waals surface area contributed by atoms with Crippen molar-refractivity contribution in [3.8, 4) is 0 Å². The molecule has 3 heterocycles. The minimum Gasteiger partial charge on any atom is -0.349 e. The van der Waals surface area contributed by atoms with Crippen LogP contribution in [-0.4, -0.2) is 42.2 Å². The Morgan fingerprint density at radius 1 is 1.25 bits per heavy atom. The summed E-state index contributed by atoms with van der Waals surface area (Å²) in [6.45, 7) is 2.65. The highest BCUT2D eigenvalue weighted by Gasteiger charge is 2.52. The number of nitrogens with zero attached hydrogens (tertiary/aromatic N) is 2. The van der Waals surface area contributed by atoms with Crippen LogP contribution in [0, 0.1) is 6.92 Å². The summed E-state index contributed by atoms with van der Waals surface area (Å²) in [5.41, 5.74) is 2.29. The van der Waals surface area contributed by atoms with E-state index in [1.54, 1.807) is 16.7 Å². The molecule has 2 saturated heterocycles. The monoisotopic (exact) mass is 399 g/mol. The number of sulfonamides is 1. The summed E-state index contributed by atoms with van der Waals surface area (Å²) in [4.78, 5) is 16.4. The zero-order chi connectivity index (χ0) is 19.8. The average Bonchev–Trinajstić information content (AvgIpc) is 3.03. The Morgan fingerprint density at radius 3 is 2.71 bits per heavy atom. The first-order valence-corrected chi connectivity index (χ1v) is 11.2. The van der Waals surface area contributed by atoms with Gasteiger partial charge in [-0.15, -0.1) is 0 Å². The molecule has 4 rings (SSSR count). The van der Waals surface area contributed by atoms with E-state index in [2.05, 4.69) is 10.3 Å². The quantitative estimate of drug-likeness (QED) is 0.856. The Balaban J connectivity index is 1.63. The van der Waals surface area contributed by atoms with Crippen molar-refractivity contribution >= 4 is 15.9 Å². The van der Waals surface area contributed by atoms with Gasteiger partial charge in [0.25, 0.3) is 0 Å². The zero-order valence-electron chi connectivity index (χ0n) is 16.0. The molecule has 2 aromatic rings. The van der Waals surface area contributed by atoms with Crippen LogP contribution in [0.25, 0.3) is 0 Å². The van der Waals surface area contributed by atoms with Crippen LogP contribution in [0.2, 0.25) is 0 Å². The van der Waals surface area contributed by atoms with Gasteiger partial charge in [-0.05, 0) is 37.0 Å². The number of amides is 1. The summed E-state index contributed by atoms with van der Waals surface area (Å²) in [5.74, 6) is -0.131. The summed E-state index contributed by atoms with van der Waals surface area (Å²) in [5, 5.41) is 3.14. The van der Waals surface area contributed by atoms with Gasteiger partial charge in [0.15, 0.2) is 0 Å². The number of benzene rings is 1. The third-order valence-electron chi connectivity index (χ3n) is 5.88. The number of hydrogen-bond donors (Lipinski definition) is 1. The van der Waals surface area contributed by atoms with Crippen molar-refractivity contribution in [2.24, 2.45) is 0 Å².